The lowest BCUT2D eigenvalue weighted by atomic mass is 10.5. The first-order chi connectivity index (χ1) is 4.84. The van der Waals surface area contributed by atoms with Crippen LogP contribution in [0.4, 0.5) is 0 Å². The van der Waals surface area contributed by atoms with Gasteiger partial charge in [-0.1, -0.05) is 11.8 Å². The maximum absolute atomic E-state index is 10.8. The van der Waals surface area contributed by atoms with Crippen LogP contribution in [0.3, 0.4) is 0 Å². The summed E-state index contributed by atoms with van der Waals surface area (Å²) in [7, 11) is 1.37. The third-order valence-corrected chi connectivity index (χ3v) is 1.90. The summed E-state index contributed by atoms with van der Waals surface area (Å²) in [5.74, 6) is 0.331. The first-order valence-corrected chi connectivity index (χ1v) is 3.74. The minimum atomic E-state index is -0.281. The third kappa shape index (κ3) is 1.60. The molecule has 0 atom stereocenters. The fourth-order valence-electron chi connectivity index (χ4n) is 0.546. The summed E-state index contributed by atoms with van der Waals surface area (Å²) in [4.78, 5) is 15.3. The first-order valence-electron chi connectivity index (χ1n) is 2.76. The van der Waals surface area contributed by atoms with E-state index < -0.39 is 0 Å². The second-order valence-electron chi connectivity index (χ2n) is 1.63. The Labute approximate surface area is 63.2 Å². The molecular weight excluding hydrogens is 150 g/mol. The molecule has 0 aromatic carbocycles. The molecule has 0 radical (unpaired) electrons. The van der Waals surface area contributed by atoms with Gasteiger partial charge in [-0.15, -0.1) is 0 Å². The van der Waals surface area contributed by atoms with Gasteiger partial charge in [-0.3, -0.25) is 4.99 Å². The smallest absolute Gasteiger partial charge is 0.344 e. The van der Waals surface area contributed by atoms with Gasteiger partial charge in [-0.25, -0.2) is 4.79 Å². The maximum atomic E-state index is 10.8. The summed E-state index contributed by atoms with van der Waals surface area (Å²) in [5.41, 5.74) is 0. The van der Waals surface area contributed by atoms with Crippen molar-refractivity contribution in [2.45, 2.75) is 0 Å². The fourth-order valence-corrected chi connectivity index (χ4v) is 1.20. The van der Waals surface area contributed by atoms with E-state index in [-0.39, 0.29) is 5.97 Å². The summed E-state index contributed by atoms with van der Waals surface area (Å²) in [6.45, 7) is 0. The topological polar surface area (TPSA) is 38.7 Å². The van der Waals surface area contributed by atoms with Gasteiger partial charge in [0.05, 0.1) is 17.9 Å². The molecule has 3 nitrogen and oxygen atoms in total. The van der Waals surface area contributed by atoms with Crippen molar-refractivity contribution in [3.63, 3.8) is 0 Å². The molecule has 54 valence electrons. The summed E-state index contributed by atoms with van der Waals surface area (Å²) >= 11 is 1.38. The average Bonchev–Trinajstić information content (AvgIpc) is 2.05. The largest absolute Gasteiger partial charge is 0.465 e. The number of thioether (sulfide) groups is 1. The highest BCUT2D eigenvalue weighted by Gasteiger charge is 2.10. The van der Waals surface area contributed by atoms with Crippen LogP contribution in [0.2, 0.25) is 0 Å². The van der Waals surface area contributed by atoms with E-state index >= 15 is 0 Å². The number of carbonyl (C=O) groups is 1. The van der Waals surface area contributed by atoms with Gasteiger partial charge in [0, 0.05) is 6.21 Å². The van der Waals surface area contributed by atoms with E-state index in [1.807, 2.05) is 0 Å². The molecule has 0 saturated carbocycles. The van der Waals surface area contributed by atoms with E-state index in [1.54, 1.807) is 12.3 Å². The van der Waals surface area contributed by atoms with E-state index in [0.717, 1.165) is 0 Å². The van der Waals surface area contributed by atoms with Gasteiger partial charge in [0.25, 0.3) is 0 Å². The van der Waals surface area contributed by atoms with Crippen molar-refractivity contribution in [3.8, 4) is 0 Å². The molecule has 1 heterocycles. The summed E-state index contributed by atoms with van der Waals surface area (Å²) in [6.07, 6.45) is 3.27. The first kappa shape index (κ1) is 7.34. The van der Waals surface area contributed by atoms with Gasteiger partial charge in [0.1, 0.15) is 0 Å². The maximum Gasteiger partial charge on any atom is 0.344 e. The van der Waals surface area contributed by atoms with Gasteiger partial charge < -0.3 is 4.74 Å². The predicted molar refractivity (Wildman–Crippen MR) is 41.0 cm³/mol. The van der Waals surface area contributed by atoms with Crippen LogP contribution in [0.25, 0.3) is 0 Å². The lowest BCUT2D eigenvalue weighted by molar-refractivity contribution is -0.135. The third-order valence-electron chi connectivity index (χ3n) is 1.01. The zero-order chi connectivity index (χ0) is 7.40. The standard InChI is InChI=1S/C6H7NO2S/c1-9-6(8)5-2-3-7-4-10-5/h2-3H,4H2,1H3. The van der Waals surface area contributed by atoms with Crippen LogP contribution in [0.1, 0.15) is 0 Å². The van der Waals surface area contributed by atoms with E-state index in [4.69, 9.17) is 0 Å². The van der Waals surface area contributed by atoms with Crippen molar-refractivity contribution in [1.29, 1.82) is 0 Å². The van der Waals surface area contributed by atoms with Gasteiger partial charge in [-0.05, 0) is 6.08 Å². The lowest BCUT2D eigenvalue weighted by Gasteiger charge is -2.03. The Morgan fingerprint density at radius 3 is 3.20 bits per heavy atom. The number of rotatable bonds is 1. The monoisotopic (exact) mass is 157 g/mol. The van der Waals surface area contributed by atoms with Crippen molar-refractivity contribution in [1.82, 2.24) is 0 Å². The number of aliphatic imine (C=N–C) groups is 1. The number of methoxy groups -OCH3 is 1. The SMILES string of the molecule is COC(=O)C1=CC=NCS1. The second-order valence-corrected chi connectivity index (χ2v) is 2.61. The summed E-state index contributed by atoms with van der Waals surface area (Å²) < 4.78 is 4.50. The molecular formula is C6H7NO2S. The molecule has 4 heteroatoms. The molecule has 0 aromatic heterocycles. The van der Waals surface area contributed by atoms with Crippen LogP contribution < -0.4 is 0 Å². The predicted octanol–water partition coefficient (Wildman–Crippen LogP) is 0.818. The highest BCUT2D eigenvalue weighted by Crippen LogP contribution is 2.18. The summed E-state index contributed by atoms with van der Waals surface area (Å²) in [6, 6.07) is 0. The molecule has 0 spiro atoms. The molecule has 1 aliphatic heterocycles. The number of hydrogen-bond donors (Lipinski definition) is 0. The Morgan fingerprint density at radius 2 is 2.70 bits per heavy atom. The van der Waals surface area contributed by atoms with Crippen LogP contribution in [-0.4, -0.2) is 25.2 Å². The molecule has 0 aromatic rings. The van der Waals surface area contributed by atoms with Crippen LogP contribution in [0.5, 0.6) is 0 Å². The van der Waals surface area contributed by atoms with Crippen LogP contribution in [-0.2, 0) is 9.53 Å². The van der Waals surface area contributed by atoms with Crippen LogP contribution in [0, 0.1) is 0 Å². The van der Waals surface area contributed by atoms with Crippen molar-refractivity contribution >= 4 is 23.9 Å². The van der Waals surface area contributed by atoms with E-state index in [0.29, 0.717) is 10.8 Å². The molecule has 1 aliphatic rings. The average molecular weight is 157 g/mol. The molecule has 0 amide bonds. The molecule has 1 rings (SSSR count). The molecule has 0 fully saturated rings. The number of allylic oxidation sites excluding steroid dienone is 1. The Bertz CT molecular complexity index is 198. The van der Waals surface area contributed by atoms with Crippen LogP contribution >= 0.6 is 11.8 Å². The summed E-state index contributed by atoms with van der Waals surface area (Å²) in [5, 5.41) is 0. The van der Waals surface area contributed by atoms with Crippen molar-refractivity contribution in [3.05, 3.63) is 11.0 Å². The number of esters is 1. The van der Waals surface area contributed by atoms with E-state index in [9.17, 15) is 4.79 Å². The van der Waals surface area contributed by atoms with E-state index in [2.05, 4.69) is 9.73 Å². The quantitative estimate of drug-likeness (QED) is 0.529. The molecule has 0 bridgehead atoms. The Morgan fingerprint density at radius 1 is 1.90 bits per heavy atom. The Balaban J connectivity index is 2.62. The lowest BCUT2D eigenvalue weighted by Crippen LogP contribution is -2.04. The van der Waals surface area contributed by atoms with Crippen molar-refractivity contribution < 1.29 is 9.53 Å². The zero-order valence-corrected chi connectivity index (χ0v) is 6.35. The number of nitrogens with zero attached hydrogens (tertiary/aromatic N) is 1. The van der Waals surface area contributed by atoms with Crippen LogP contribution in [0.15, 0.2) is 16.0 Å². The molecule has 0 N–H and O–H groups in total. The number of carbonyl (C=O) groups excluding carboxylic acids is 1. The van der Waals surface area contributed by atoms with Gasteiger partial charge in [0.2, 0.25) is 0 Å². The fraction of sp³-hybridized carbons (Fsp3) is 0.333. The normalized spacial score (nSPS) is 16.3. The van der Waals surface area contributed by atoms with Crippen molar-refractivity contribution in [2.75, 3.05) is 13.0 Å². The zero-order valence-electron chi connectivity index (χ0n) is 5.53. The number of hydrogen-bond acceptors (Lipinski definition) is 4. The van der Waals surface area contributed by atoms with E-state index in [1.165, 1.54) is 18.9 Å². The van der Waals surface area contributed by atoms with Gasteiger partial charge in [-0.2, -0.15) is 0 Å². The highest BCUT2D eigenvalue weighted by molar-refractivity contribution is 8.04. The Hall–Kier alpha value is -0.770. The van der Waals surface area contributed by atoms with Gasteiger partial charge >= 0.3 is 5.97 Å². The minimum Gasteiger partial charge on any atom is -0.465 e. The molecule has 0 aliphatic carbocycles. The number of ether oxygens (including phenoxy) is 1. The van der Waals surface area contributed by atoms with Gasteiger partial charge in [0.15, 0.2) is 0 Å². The molecule has 0 unspecified atom stereocenters. The second kappa shape index (κ2) is 3.41. The minimum absolute atomic E-state index is 0.281. The van der Waals surface area contributed by atoms with Crippen molar-refractivity contribution in [2.24, 2.45) is 4.99 Å². The Kier molecular flexibility index (Phi) is 2.50. The molecule has 0 saturated heterocycles. The highest BCUT2D eigenvalue weighted by atomic mass is 32.2. The molecule has 10 heavy (non-hydrogen) atoms.